The highest BCUT2D eigenvalue weighted by atomic mass is 16.6. The summed E-state index contributed by atoms with van der Waals surface area (Å²) in [6.07, 6.45) is 2.04. The Hall–Kier alpha value is -2.40. The lowest BCUT2D eigenvalue weighted by atomic mass is 10.1. The Labute approximate surface area is 136 Å². The molecule has 0 amide bonds. The summed E-state index contributed by atoms with van der Waals surface area (Å²) in [4.78, 5) is 12.6. The van der Waals surface area contributed by atoms with Gasteiger partial charge in [-0.25, -0.2) is 0 Å². The molecule has 5 heteroatoms. The standard InChI is InChI=1S/C18H22N2O3/c1-19(14-16-5-3-7-17(13-16)20(21)22)12-4-6-15-8-10-18(23-2)11-9-15/h3,5,7-11,13H,4,6,12,14H2,1-2H3. The number of nitro groups is 1. The Balaban J connectivity index is 1.79. The number of hydrogen-bond acceptors (Lipinski definition) is 4. The van der Waals surface area contributed by atoms with Crippen LogP contribution >= 0.6 is 0 Å². The summed E-state index contributed by atoms with van der Waals surface area (Å²) in [5, 5.41) is 10.8. The number of nitrogens with zero attached hydrogens (tertiary/aromatic N) is 2. The molecule has 122 valence electrons. The Morgan fingerprint density at radius 3 is 2.52 bits per heavy atom. The molecule has 5 nitrogen and oxygen atoms in total. The van der Waals surface area contributed by atoms with E-state index in [0.717, 1.165) is 30.7 Å². The van der Waals surface area contributed by atoms with E-state index in [2.05, 4.69) is 17.0 Å². The quantitative estimate of drug-likeness (QED) is 0.551. The Kier molecular flexibility index (Phi) is 6.11. The van der Waals surface area contributed by atoms with Crippen molar-refractivity contribution in [3.63, 3.8) is 0 Å². The third kappa shape index (κ3) is 5.38. The van der Waals surface area contributed by atoms with E-state index in [4.69, 9.17) is 4.74 Å². The van der Waals surface area contributed by atoms with Crippen LogP contribution in [0, 0.1) is 10.1 Å². The van der Waals surface area contributed by atoms with Crippen LogP contribution in [0.2, 0.25) is 0 Å². The fourth-order valence-corrected chi connectivity index (χ4v) is 2.50. The molecule has 2 rings (SSSR count). The van der Waals surface area contributed by atoms with Crippen LogP contribution in [0.25, 0.3) is 0 Å². The summed E-state index contributed by atoms with van der Waals surface area (Å²) in [6.45, 7) is 1.65. The van der Waals surface area contributed by atoms with Crippen LogP contribution in [-0.2, 0) is 13.0 Å². The van der Waals surface area contributed by atoms with Crippen LogP contribution in [0.5, 0.6) is 5.75 Å². The molecule has 0 bridgehead atoms. The molecule has 0 atom stereocenters. The van der Waals surface area contributed by atoms with Crippen LogP contribution in [-0.4, -0.2) is 30.5 Å². The predicted molar refractivity (Wildman–Crippen MR) is 90.7 cm³/mol. The maximum atomic E-state index is 10.8. The zero-order valence-corrected chi connectivity index (χ0v) is 13.6. The summed E-state index contributed by atoms with van der Waals surface area (Å²) < 4.78 is 5.15. The van der Waals surface area contributed by atoms with E-state index in [-0.39, 0.29) is 10.6 Å². The zero-order chi connectivity index (χ0) is 16.7. The van der Waals surface area contributed by atoms with Crippen molar-refractivity contribution in [3.05, 3.63) is 69.8 Å². The van der Waals surface area contributed by atoms with Crippen molar-refractivity contribution in [3.8, 4) is 5.75 Å². The highest BCUT2D eigenvalue weighted by Crippen LogP contribution is 2.15. The van der Waals surface area contributed by atoms with Gasteiger partial charge < -0.3 is 9.64 Å². The molecule has 2 aromatic rings. The molecule has 0 aliphatic carbocycles. The number of hydrogen-bond donors (Lipinski definition) is 0. The molecule has 0 saturated heterocycles. The largest absolute Gasteiger partial charge is 0.497 e. The minimum absolute atomic E-state index is 0.147. The monoisotopic (exact) mass is 314 g/mol. The fraction of sp³-hybridized carbons (Fsp3) is 0.333. The third-order valence-electron chi connectivity index (χ3n) is 3.74. The van der Waals surface area contributed by atoms with Crippen LogP contribution in [0.15, 0.2) is 48.5 Å². The molecule has 23 heavy (non-hydrogen) atoms. The second-order valence-electron chi connectivity index (χ2n) is 5.62. The number of benzene rings is 2. The van der Waals surface area contributed by atoms with Gasteiger partial charge in [0.05, 0.1) is 12.0 Å². The van der Waals surface area contributed by atoms with Crippen LogP contribution in [0.3, 0.4) is 0 Å². The third-order valence-corrected chi connectivity index (χ3v) is 3.74. The first kappa shape index (κ1) is 17.0. The van der Waals surface area contributed by atoms with Gasteiger partial charge in [-0.15, -0.1) is 0 Å². The van der Waals surface area contributed by atoms with Gasteiger partial charge in [-0.2, -0.15) is 0 Å². The molecule has 0 unspecified atom stereocenters. The van der Waals surface area contributed by atoms with E-state index in [9.17, 15) is 10.1 Å². The van der Waals surface area contributed by atoms with Crippen LogP contribution in [0.1, 0.15) is 17.5 Å². The average molecular weight is 314 g/mol. The number of methoxy groups -OCH3 is 1. The fourth-order valence-electron chi connectivity index (χ4n) is 2.50. The van der Waals surface area contributed by atoms with Crippen molar-refractivity contribution in [2.24, 2.45) is 0 Å². The van der Waals surface area contributed by atoms with Crippen molar-refractivity contribution in [1.82, 2.24) is 4.90 Å². The smallest absolute Gasteiger partial charge is 0.269 e. The summed E-state index contributed by atoms with van der Waals surface area (Å²) in [5.41, 5.74) is 2.40. The molecule has 0 saturated carbocycles. The van der Waals surface area contributed by atoms with Crippen molar-refractivity contribution < 1.29 is 9.66 Å². The van der Waals surface area contributed by atoms with E-state index in [1.54, 1.807) is 19.2 Å². The van der Waals surface area contributed by atoms with Gasteiger partial charge in [-0.3, -0.25) is 10.1 Å². The number of nitro benzene ring substituents is 1. The maximum Gasteiger partial charge on any atom is 0.269 e. The highest BCUT2D eigenvalue weighted by Gasteiger charge is 2.07. The first-order chi connectivity index (χ1) is 11.1. The molecule has 0 spiro atoms. The van der Waals surface area contributed by atoms with Gasteiger partial charge >= 0.3 is 0 Å². The number of ether oxygens (including phenoxy) is 1. The molecule has 0 aliphatic rings. The van der Waals surface area contributed by atoms with Crippen molar-refractivity contribution in [2.45, 2.75) is 19.4 Å². The first-order valence-corrected chi connectivity index (χ1v) is 7.63. The molecule has 2 aromatic carbocycles. The maximum absolute atomic E-state index is 10.8. The Morgan fingerprint density at radius 1 is 1.13 bits per heavy atom. The number of non-ortho nitro benzene ring substituents is 1. The van der Waals surface area contributed by atoms with E-state index in [0.29, 0.717) is 6.54 Å². The second-order valence-corrected chi connectivity index (χ2v) is 5.62. The molecule has 0 fully saturated rings. The van der Waals surface area contributed by atoms with Crippen molar-refractivity contribution in [1.29, 1.82) is 0 Å². The van der Waals surface area contributed by atoms with Crippen LogP contribution < -0.4 is 4.74 Å². The molecule has 0 radical (unpaired) electrons. The Bertz CT molecular complexity index is 641. The molecule has 0 N–H and O–H groups in total. The van der Waals surface area contributed by atoms with Crippen molar-refractivity contribution in [2.75, 3.05) is 20.7 Å². The van der Waals surface area contributed by atoms with Gasteiger partial charge in [0.1, 0.15) is 5.75 Å². The minimum atomic E-state index is -0.354. The van der Waals surface area contributed by atoms with E-state index >= 15 is 0 Å². The summed E-state index contributed by atoms with van der Waals surface area (Å²) >= 11 is 0. The zero-order valence-electron chi connectivity index (χ0n) is 13.6. The lowest BCUT2D eigenvalue weighted by Gasteiger charge is -2.16. The first-order valence-electron chi connectivity index (χ1n) is 7.63. The van der Waals surface area contributed by atoms with Gasteiger partial charge in [0.2, 0.25) is 0 Å². The molecule has 0 aromatic heterocycles. The summed E-state index contributed by atoms with van der Waals surface area (Å²) in [6, 6.07) is 14.9. The SMILES string of the molecule is COc1ccc(CCCN(C)Cc2cccc([N+](=O)[O-])c2)cc1. The van der Waals surface area contributed by atoms with E-state index in [1.165, 1.54) is 11.6 Å². The molecule has 0 heterocycles. The lowest BCUT2D eigenvalue weighted by Crippen LogP contribution is -2.19. The molecular formula is C18H22N2O3. The topological polar surface area (TPSA) is 55.6 Å². The highest BCUT2D eigenvalue weighted by molar-refractivity contribution is 5.34. The average Bonchev–Trinajstić information content (AvgIpc) is 2.55. The lowest BCUT2D eigenvalue weighted by molar-refractivity contribution is -0.384. The number of rotatable bonds is 8. The normalized spacial score (nSPS) is 10.7. The Morgan fingerprint density at radius 2 is 1.87 bits per heavy atom. The molecule has 0 aliphatic heterocycles. The van der Waals surface area contributed by atoms with Gasteiger partial charge in [0.15, 0.2) is 0 Å². The van der Waals surface area contributed by atoms with Crippen LogP contribution in [0.4, 0.5) is 5.69 Å². The van der Waals surface area contributed by atoms with E-state index < -0.39 is 0 Å². The van der Waals surface area contributed by atoms with Gasteiger partial charge in [-0.05, 0) is 49.7 Å². The summed E-state index contributed by atoms with van der Waals surface area (Å²) in [7, 11) is 3.70. The predicted octanol–water partition coefficient (Wildman–Crippen LogP) is 3.67. The van der Waals surface area contributed by atoms with Gasteiger partial charge in [-0.1, -0.05) is 24.3 Å². The second kappa shape index (κ2) is 8.29. The van der Waals surface area contributed by atoms with E-state index in [1.807, 2.05) is 25.2 Å². The van der Waals surface area contributed by atoms with Gasteiger partial charge in [0, 0.05) is 18.7 Å². The van der Waals surface area contributed by atoms with Gasteiger partial charge in [0.25, 0.3) is 5.69 Å². The molecular weight excluding hydrogens is 292 g/mol. The number of aryl methyl sites for hydroxylation is 1. The summed E-state index contributed by atoms with van der Waals surface area (Å²) in [5.74, 6) is 0.872. The van der Waals surface area contributed by atoms with Crippen molar-refractivity contribution >= 4 is 5.69 Å². The minimum Gasteiger partial charge on any atom is -0.497 e.